The van der Waals surface area contributed by atoms with E-state index < -0.39 is 40.0 Å². The monoisotopic (exact) mass is 554 g/mol. The number of amides is 2. The number of furan rings is 1. The highest BCUT2D eigenvalue weighted by Crippen LogP contribution is 2.33. The first kappa shape index (κ1) is 26.8. The maximum absolute atomic E-state index is 13.6. The second-order valence-electron chi connectivity index (χ2n) is 9.77. The fourth-order valence-electron chi connectivity index (χ4n) is 5.44. The minimum atomic E-state index is -3.81. The molecule has 4 heterocycles. The molecule has 39 heavy (non-hydrogen) atoms. The second kappa shape index (κ2) is 10.8. The van der Waals surface area contributed by atoms with Crippen LogP contribution in [0.5, 0.6) is 5.75 Å². The summed E-state index contributed by atoms with van der Waals surface area (Å²) in [6, 6.07) is 7.78. The van der Waals surface area contributed by atoms with Crippen LogP contribution in [0.2, 0.25) is 0 Å². The lowest BCUT2D eigenvalue weighted by molar-refractivity contribution is -0.138. The summed E-state index contributed by atoms with van der Waals surface area (Å²) in [7, 11) is -2.31. The molecule has 12 heteroatoms. The standard InChI is InChI=1S/C27H30N4O7S/c1-3-6-19(29-26(33)23-13-18-8-4-9-22(37-2)25(18)38-23)27(34)30-12-10-20-24(30)21(32)15-31(20)39(35,36)16-17-7-5-11-28-14-17/h4-5,7-9,11,13-14,19-20,24H,3,6,10,12,15-16H2,1-2H3,(H,29,33). The van der Waals surface area contributed by atoms with Crippen molar-refractivity contribution < 1.29 is 32.0 Å². The van der Waals surface area contributed by atoms with E-state index in [2.05, 4.69) is 10.3 Å². The van der Waals surface area contributed by atoms with E-state index in [9.17, 15) is 22.8 Å². The van der Waals surface area contributed by atoms with Crippen LogP contribution in [0.4, 0.5) is 0 Å². The molecule has 0 aliphatic carbocycles. The Hall–Kier alpha value is -3.77. The molecule has 0 bridgehead atoms. The molecule has 2 aliphatic rings. The predicted molar refractivity (Wildman–Crippen MR) is 141 cm³/mol. The number of carbonyl (C=O) groups is 3. The second-order valence-corrected chi connectivity index (χ2v) is 11.7. The number of methoxy groups -OCH3 is 1. The molecule has 206 valence electrons. The lowest BCUT2D eigenvalue weighted by atomic mass is 10.1. The molecule has 2 amide bonds. The highest BCUT2D eigenvalue weighted by atomic mass is 32.2. The molecule has 3 aromatic rings. The van der Waals surface area contributed by atoms with Gasteiger partial charge in [-0.1, -0.05) is 31.5 Å². The van der Waals surface area contributed by atoms with E-state index in [0.717, 1.165) is 0 Å². The normalized spacial score (nSPS) is 20.3. The van der Waals surface area contributed by atoms with Gasteiger partial charge >= 0.3 is 0 Å². The van der Waals surface area contributed by atoms with Gasteiger partial charge in [0, 0.05) is 24.3 Å². The smallest absolute Gasteiger partial charge is 0.287 e. The van der Waals surface area contributed by atoms with Gasteiger partial charge in [0.2, 0.25) is 15.9 Å². The van der Waals surface area contributed by atoms with Gasteiger partial charge in [-0.25, -0.2) is 8.42 Å². The first-order valence-corrected chi connectivity index (χ1v) is 14.4. The van der Waals surface area contributed by atoms with E-state index in [1.165, 1.54) is 22.5 Å². The number of hydrogen-bond acceptors (Lipinski definition) is 8. The van der Waals surface area contributed by atoms with Crippen LogP contribution in [0.15, 0.2) is 53.2 Å². The highest BCUT2D eigenvalue weighted by molar-refractivity contribution is 7.88. The summed E-state index contributed by atoms with van der Waals surface area (Å²) < 4.78 is 38.6. The van der Waals surface area contributed by atoms with Crippen LogP contribution in [-0.2, 0) is 25.4 Å². The zero-order chi connectivity index (χ0) is 27.7. The van der Waals surface area contributed by atoms with Gasteiger partial charge in [-0.05, 0) is 36.6 Å². The number of carbonyl (C=O) groups excluding carboxylic acids is 3. The molecule has 0 radical (unpaired) electrons. The number of para-hydroxylation sites is 1. The van der Waals surface area contributed by atoms with Gasteiger partial charge < -0.3 is 19.4 Å². The number of nitrogens with one attached hydrogen (secondary N) is 1. The van der Waals surface area contributed by atoms with Crippen molar-refractivity contribution in [1.82, 2.24) is 19.5 Å². The molecule has 1 aromatic carbocycles. The summed E-state index contributed by atoms with van der Waals surface area (Å²) in [5.74, 6) is -1.06. The summed E-state index contributed by atoms with van der Waals surface area (Å²) in [6.45, 7) is 1.82. The zero-order valence-corrected chi connectivity index (χ0v) is 22.5. The van der Waals surface area contributed by atoms with Gasteiger partial charge in [0.05, 0.1) is 25.4 Å². The molecule has 2 fully saturated rings. The van der Waals surface area contributed by atoms with E-state index in [0.29, 0.717) is 41.5 Å². The van der Waals surface area contributed by atoms with Crippen molar-refractivity contribution >= 4 is 38.6 Å². The van der Waals surface area contributed by atoms with Crippen molar-refractivity contribution in [2.24, 2.45) is 0 Å². The summed E-state index contributed by atoms with van der Waals surface area (Å²) >= 11 is 0. The van der Waals surface area contributed by atoms with Gasteiger partial charge in [0.15, 0.2) is 22.9 Å². The maximum atomic E-state index is 13.6. The SMILES string of the molecule is CCCC(NC(=O)c1cc2cccc(OC)c2o1)C(=O)N1CCC2C1C(=O)CN2S(=O)(=O)Cc1cccnc1. The first-order chi connectivity index (χ1) is 18.7. The molecule has 0 saturated carbocycles. The van der Waals surface area contributed by atoms with Gasteiger partial charge in [-0.3, -0.25) is 19.4 Å². The maximum Gasteiger partial charge on any atom is 0.287 e. The van der Waals surface area contributed by atoms with Crippen molar-refractivity contribution in [1.29, 1.82) is 0 Å². The van der Waals surface area contributed by atoms with E-state index in [4.69, 9.17) is 9.15 Å². The molecular weight excluding hydrogens is 524 g/mol. The average molecular weight is 555 g/mol. The molecule has 3 atom stereocenters. The number of ether oxygens (including phenoxy) is 1. The van der Waals surface area contributed by atoms with Crippen LogP contribution in [0, 0.1) is 0 Å². The number of pyridine rings is 1. The van der Waals surface area contributed by atoms with Crippen LogP contribution < -0.4 is 10.1 Å². The third kappa shape index (κ3) is 5.13. The average Bonchev–Trinajstić information content (AvgIpc) is 3.63. The Morgan fingerprint density at radius 2 is 2.08 bits per heavy atom. The number of benzene rings is 1. The topological polar surface area (TPSA) is 139 Å². The number of Topliss-reactive ketones (excluding diaryl/α,β-unsaturated/α-hetero) is 1. The molecule has 1 N–H and O–H groups in total. The van der Waals surface area contributed by atoms with Crippen LogP contribution in [0.25, 0.3) is 11.0 Å². The third-order valence-electron chi connectivity index (χ3n) is 7.22. The number of ketones is 1. The third-order valence-corrected chi connectivity index (χ3v) is 9.03. The molecule has 3 unspecified atom stereocenters. The Labute approximate surface area is 226 Å². The van der Waals surface area contributed by atoms with Crippen LogP contribution in [0.1, 0.15) is 42.3 Å². The molecule has 0 spiro atoms. The summed E-state index contributed by atoms with van der Waals surface area (Å²) in [6.07, 6.45) is 4.33. The van der Waals surface area contributed by atoms with Gasteiger partial charge in [-0.2, -0.15) is 4.31 Å². The van der Waals surface area contributed by atoms with Crippen LogP contribution in [-0.4, -0.2) is 78.5 Å². The summed E-state index contributed by atoms with van der Waals surface area (Å²) in [5, 5.41) is 3.45. The van der Waals surface area contributed by atoms with Crippen LogP contribution in [0.3, 0.4) is 0 Å². The zero-order valence-electron chi connectivity index (χ0n) is 21.7. The van der Waals surface area contributed by atoms with Crippen molar-refractivity contribution in [2.45, 2.75) is 50.1 Å². The van der Waals surface area contributed by atoms with Crippen LogP contribution >= 0.6 is 0 Å². The highest BCUT2D eigenvalue weighted by Gasteiger charge is 2.54. The van der Waals surface area contributed by atoms with E-state index in [1.807, 2.05) is 6.92 Å². The number of hydrogen-bond donors (Lipinski definition) is 1. The molecule has 2 aromatic heterocycles. The molecular formula is C27H30N4O7S. The Bertz CT molecular complexity index is 1500. The summed E-state index contributed by atoms with van der Waals surface area (Å²) in [4.78, 5) is 45.2. The van der Waals surface area contributed by atoms with Gasteiger partial charge in [-0.15, -0.1) is 0 Å². The van der Waals surface area contributed by atoms with Crippen molar-refractivity contribution in [2.75, 3.05) is 20.2 Å². The lowest BCUT2D eigenvalue weighted by Crippen LogP contribution is -2.52. The molecule has 2 aliphatic heterocycles. The Morgan fingerprint density at radius 1 is 1.26 bits per heavy atom. The van der Waals surface area contributed by atoms with E-state index in [-0.39, 0.29) is 30.4 Å². The van der Waals surface area contributed by atoms with Gasteiger partial charge in [0.25, 0.3) is 5.91 Å². The minimum Gasteiger partial charge on any atom is -0.493 e. The van der Waals surface area contributed by atoms with E-state index >= 15 is 0 Å². The van der Waals surface area contributed by atoms with Crippen molar-refractivity contribution in [3.05, 3.63) is 60.1 Å². The van der Waals surface area contributed by atoms with Gasteiger partial charge in [0.1, 0.15) is 12.1 Å². The number of likely N-dealkylation sites (tertiary alicyclic amines) is 1. The van der Waals surface area contributed by atoms with Crippen molar-refractivity contribution in [3.8, 4) is 5.75 Å². The quantitative estimate of drug-likeness (QED) is 0.424. The van der Waals surface area contributed by atoms with E-state index in [1.54, 1.807) is 42.6 Å². The number of nitrogens with zero attached hydrogens (tertiary/aromatic N) is 3. The van der Waals surface area contributed by atoms with Crippen molar-refractivity contribution in [3.63, 3.8) is 0 Å². The minimum absolute atomic E-state index is 0.0346. The Kier molecular flexibility index (Phi) is 7.41. The number of rotatable bonds is 9. The fraction of sp³-hybridized carbons (Fsp3) is 0.407. The number of aromatic nitrogens is 1. The number of sulfonamides is 1. The lowest BCUT2D eigenvalue weighted by Gasteiger charge is -2.28. The molecule has 2 saturated heterocycles. The largest absolute Gasteiger partial charge is 0.493 e. The fourth-order valence-corrected chi connectivity index (χ4v) is 7.16. The molecule has 5 rings (SSSR count). The summed E-state index contributed by atoms with van der Waals surface area (Å²) in [5.41, 5.74) is 0.947. The first-order valence-electron chi connectivity index (χ1n) is 12.8. The Morgan fingerprint density at radius 3 is 2.79 bits per heavy atom. The molecule has 11 nitrogen and oxygen atoms in total. The predicted octanol–water partition coefficient (Wildman–Crippen LogP) is 2.12. The number of fused-ring (bicyclic) bond motifs is 2. The Balaban J connectivity index is 1.32.